The molecule has 1 heterocycles. The summed E-state index contributed by atoms with van der Waals surface area (Å²) in [6, 6.07) is 10.0. The average molecular weight is 490 g/mol. The Balaban J connectivity index is 1.77. The number of rotatable bonds is 12. The lowest BCUT2D eigenvalue weighted by Gasteiger charge is -2.23. The maximum absolute atomic E-state index is 14.2. The van der Waals surface area contributed by atoms with Crippen LogP contribution < -0.4 is 10.6 Å². The quantitative estimate of drug-likeness (QED) is 0.288. The fraction of sp³-hybridized carbons (Fsp3) is 0.304. The van der Waals surface area contributed by atoms with E-state index in [1.54, 1.807) is 30.3 Å². The van der Waals surface area contributed by atoms with Crippen LogP contribution >= 0.6 is 11.6 Å². The highest BCUT2D eigenvalue weighted by molar-refractivity contribution is 6.30. The molecule has 2 aromatic carbocycles. The van der Waals surface area contributed by atoms with Crippen molar-refractivity contribution in [1.82, 2.24) is 26.0 Å². The Morgan fingerprint density at radius 1 is 1.24 bits per heavy atom. The third kappa shape index (κ3) is 7.08. The van der Waals surface area contributed by atoms with Crippen LogP contribution in [0.4, 0.5) is 4.39 Å². The largest absolute Gasteiger partial charge is 0.480 e. The number of H-pyrrole nitrogens is 1. The van der Waals surface area contributed by atoms with Crippen LogP contribution in [0.5, 0.6) is 0 Å². The van der Waals surface area contributed by atoms with Gasteiger partial charge in [0.25, 0.3) is 5.91 Å². The van der Waals surface area contributed by atoms with Gasteiger partial charge >= 0.3 is 5.97 Å². The minimum atomic E-state index is -1.04. The summed E-state index contributed by atoms with van der Waals surface area (Å²) in [6.45, 7) is 0.693. The van der Waals surface area contributed by atoms with Gasteiger partial charge in [-0.2, -0.15) is 15.4 Å². The van der Waals surface area contributed by atoms with E-state index < -0.39 is 24.0 Å². The normalized spacial score (nSPS) is 12.8. The number of halogens is 2. The van der Waals surface area contributed by atoms with Gasteiger partial charge in [-0.1, -0.05) is 35.9 Å². The topological polar surface area (TPSA) is 129 Å². The van der Waals surface area contributed by atoms with Gasteiger partial charge in [0.1, 0.15) is 11.9 Å². The van der Waals surface area contributed by atoms with E-state index in [4.69, 9.17) is 16.3 Å². The van der Waals surface area contributed by atoms with Crippen molar-refractivity contribution >= 4 is 23.5 Å². The second-order valence-corrected chi connectivity index (χ2v) is 8.06. The molecule has 0 saturated carbocycles. The molecule has 0 fully saturated rings. The summed E-state index contributed by atoms with van der Waals surface area (Å²) in [5.41, 5.74) is 1.95. The van der Waals surface area contributed by atoms with Gasteiger partial charge in [0.05, 0.1) is 12.8 Å². The molecule has 3 rings (SSSR count). The average Bonchev–Trinajstić information content (AvgIpc) is 3.36. The van der Waals surface area contributed by atoms with Gasteiger partial charge in [0.2, 0.25) is 0 Å². The zero-order chi connectivity index (χ0) is 24.5. The minimum absolute atomic E-state index is 0.0935. The Hall–Kier alpha value is -3.34. The van der Waals surface area contributed by atoms with Crippen LogP contribution in [0.1, 0.15) is 22.5 Å². The lowest BCUT2D eigenvalue weighted by atomic mass is 9.96. The molecule has 4 N–H and O–H groups in total. The Morgan fingerprint density at radius 2 is 2.00 bits per heavy atom. The molecular weight excluding hydrogens is 465 g/mol. The Labute approximate surface area is 200 Å². The second-order valence-electron chi connectivity index (χ2n) is 7.62. The number of carboxylic acid groups (broad SMARTS) is 1. The molecule has 34 heavy (non-hydrogen) atoms. The van der Waals surface area contributed by atoms with Crippen molar-refractivity contribution < 1.29 is 23.8 Å². The van der Waals surface area contributed by atoms with Gasteiger partial charge in [-0.15, -0.1) is 0 Å². The molecule has 180 valence electrons. The van der Waals surface area contributed by atoms with E-state index in [9.17, 15) is 19.1 Å². The number of nitrogens with zero attached hydrogens (tertiary/aromatic N) is 2. The summed E-state index contributed by atoms with van der Waals surface area (Å²) in [5.74, 6) is -1.90. The fourth-order valence-corrected chi connectivity index (χ4v) is 3.65. The number of ether oxygens (including phenoxy) is 1. The molecule has 1 aromatic heterocycles. The van der Waals surface area contributed by atoms with Crippen LogP contribution in [-0.4, -0.2) is 64.7 Å². The number of nitrogens with one attached hydrogen (secondary N) is 3. The van der Waals surface area contributed by atoms with Gasteiger partial charge in [0, 0.05) is 30.3 Å². The zero-order valence-corrected chi connectivity index (χ0v) is 19.2. The summed E-state index contributed by atoms with van der Waals surface area (Å²) in [6.07, 6.45) is 1.75. The van der Waals surface area contributed by atoms with Crippen molar-refractivity contribution in [3.63, 3.8) is 0 Å². The molecular formula is C23H25ClFN5O4. The molecule has 9 nitrogen and oxygen atoms in total. The van der Waals surface area contributed by atoms with E-state index in [1.807, 2.05) is 0 Å². The number of hydrogen-bond acceptors (Lipinski definition) is 6. The Kier molecular flexibility index (Phi) is 9.08. The fourth-order valence-electron chi connectivity index (χ4n) is 3.48. The van der Waals surface area contributed by atoms with Crippen molar-refractivity contribution in [1.29, 1.82) is 0 Å². The van der Waals surface area contributed by atoms with Gasteiger partial charge in [-0.3, -0.25) is 9.59 Å². The lowest BCUT2D eigenvalue weighted by molar-refractivity contribution is -0.139. The van der Waals surface area contributed by atoms with Gasteiger partial charge in [-0.05, 0) is 42.2 Å². The summed E-state index contributed by atoms with van der Waals surface area (Å²) >= 11 is 6.00. The van der Waals surface area contributed by atoms with E-state index in [0.717, 1.165) is 5.56 Å². The van der Waals surface area contributed by atoms with Gasteiger partial charge in [-0.25, -0.2) is 4.39 Å². The van der Waals surface area contributed by atoms with E-state index >= 15 is 0 Å². The maximum atomic E-state index is 14.2. The number of aromatic amines is 1. The first-order chi connectivity index (χ1) is 16.4. The monoisotopic (exact) mass is 489 g/mol. The van der Waals surface area contributed by atoms with Crippen molar-refractivity contribution in [3.05, 3.63) is 70.8 Å². The smallest absolute Gasteiger partial charge is 0.320 e. The highest BCUT2D eigenvalue weighted by atomic mass is 35.5. The molecule has 0 bridgehead atoms. The highest BCUT2D eigenvalue weighted by Gasteiger charge is 2.25. The Morgan fingerprint density at radius 3 is 2.65 bits per heavy atom. The molecule has 0 radical (unpaired) electrons. The molecule has 11 heteroatoms. The number of carbonyl (C=O) groups excluding carboxylic acids is 1. The first-order valence-corrected chi connectivity index (χ1v) is 10.9. The van der Waals surface area contributed by atoms with Crippen LogP contribution in [0.25, 0.3) is 11.1 Å². The predicted molar refractivity (Wildman–Crippen MR) is 124 cm³/mol. The molecule has 0 aliphatic carbocycles. The maximum Gasteiger partial charge on any atom is 0.320 e. The lowest BCUT2D eigenvalue weighted by Crippen LogP contribution is -2.46. The predicted octanol–water partition coefficient (Wildman–Crippen LogP) is 2.68. The van der Waals surface area contributed by atoms with E-state index in [-0.39, 0.29) is 17.9 Å². The van der Waals surface area contributed by atoms with Crippen molar-refractivity contribution in [2.45, 2.75) is 24.9 Å². The number of carbonyl (C=O) groups is 2. The van der Waals surface area contributed by atoms with Crippen molar-refractivity contribution in [2.75, 3.05) is 20.3 Å². The van der Waals surface area contributed by atoms with Crippen LogP contribution in [0.2, 0.25) is 5.02 Å². The van der Waals surface area contributed by atoms with Crippen molar-refractivity contribution in [3.8, 4) is 11.1 Å². The molecule has 2 atom stereocenters. The number of methoxy groups -OCH3 is 1. The Bertz CT molecular complexity index is 1100. The van der Waals surface area contributed by atoms with Crippen molar-refractivity contribution in [2.24, 2.45) is 0 Å². The molecule has 3 aromatic rings. The van der Waals surface area contributed by atoms with Gasteiger partial charge in [0.15, 0.2) is 5.69 Å². The van der Waals surface area contributed by atoms with Gasteiger partial charge < -0.3 is 20.5 Å². The first-order valence-electron chi connectivity index (χ1n) is 10.5. The number of carboxylic acids is 1. The van der Waals surface area contributed by atoms with Crippen LogP contribution in [0.15, 0.2) is 48.7 Å². The number of hydrogen-bond donors (Lipinski definition) is 4. The first kappa shape index (κ1) is 25.3. The van der Waals surface area contributed by atoms with E-state index in [2.05, 4.69) is 26.0 Å². The third-order valence-corrected chi connectivity index (χ3v) is 5.41. The number of amides is 1. The summed E-state index contributed by atoms with van der Waals surface area (Å²) in [7, 11) is 1.53. The second kappa shape index (κ2) is 12.2. The number of benzene rings is 2. The summed E-state index contributed by atoms with van der Waals surface area (Å²) < 4.78 is 19.2. The molecule has 0 aliphatic rings. The molecule has 1 amide bonds. The summed E-state index contributed by atoms with van der Waals surface area (Å²) in [5, 5.41) is 25.6. The van der Waals surface area contributed by atoms with Crippen LogP contribution in [0.3, 0.4) is 0 Å². The molecule has 0 aliphatic heterocycles. The van der Waals surface area contributed by atoms with E-state index in [1.165, 1.54) is 25.4 Å². The summed E-state index contributed by atoms with van der Waals surface area (Å²) in [4.78, 5) is 24.3. The number of aliphatic carboxylic acids is 1. The third-order valence-electron chi connectivity index (χ3n) is 5.17. The zero-order valence-electron chi connectivity index (χ0n) is 18.4. The standard InChI is InChI=1S/C23H25ClFN5O4/c1-34-9-8-26-20(23(32)33)12-17(28-22(31)21-13-27-30-29-21)10-14-2-4-15(5-3-14)18-11-16(24)6-7-19(18)25/h2-7,11,13,17,20,26H,8-10,12H2,1H3,(H,28,31)(H,32,33)(H,27,29,30). The molecule has 0 spiro atoms. The number of aromatic nitrogens is 3. The van der Waals surface area contributed by atoms with Crippen LogP contribution in [0, 0.1) is 5.82 Å². The minimum Gasteiger partial charge on any atom is -0.480 e. The molecule has 2 unspecified atom stereocenters. The highest BCUT2D eigenvalue weighted by Crippen LogP contribution is 2.26. The van der Waals surface area contributed by atoms with E-state index in [0.29, 0.717) is 35.7 Å². The molecule has 0 saturated heterocycles. The SMILES string of the molecule is COCCNC(CC(Cc1ccc(-c2cc(Cl)ccc2F)cc1)NC(=O)c1cn[nH]n1)C(=O)O. The van der Waals surface area contributed by atoms with Crippen LogP contribution in [-0.2, 0) is 16.0 Å².